The van der Waals surface area contributed by atoms with Crippen LogP contribution in [0.1, 0.15) is 59.8 Å². The molecule has 5 atom stereocenters. The molecule has 5 heteroatoms. The van der Waals surface area contributed by atoms with Gasteiger partial charge in [0.1, 0.15) is 0 Å². The Kier molecular flexibility index (Phi) is 5.77. The molecule has 1 saturated heterocycles. The van der Waals surface area contributed by atoms with Gasteiger partial charge < -0.3 is 15.1 Å². The number of likely N-dealkylation sites (N-methyl/N-ethyl adjacent to an activating group) is 1. The zero-order valence-electron chi connectivity index (χ0n) is 17.9. The highest BCUT2D eigenvalue weighted by atomic mass is 16.2. The number of carbonyl (C=O) groups is 1. The molecule has 5 unspecified atom stereocenters. The van der Waals surface area contributed by atoms with Gasteiger partial charge in [-0.05, 0) is 54.9 Å². The van der Waals surface area contributed by atoms with Crippen LogP contribution in [0.15, 0.2) is 0 Å². The van der Waals surface area contributed by atoms with Crippen molar-refractivity contribution in [3.8, 4) is 6.07 Å². The molecule has 0 aromatic carbocycles. The summed E-state index contributed by atoms with van der Waals surface area (Å²) in [5, 5.41) is 12.9. The zero-order valence-corrected chi connectivity index (χ0v) is 17.9. The van der Waals surface area contributed by atoms with E-state index in [1.165, 1.54) is 19.3 Å². The van der Waals surface area contributed by atoms with E-state index in [1.807, 2.05) is 4.90 Å². The predicted molar refractivity (Wildman–Crippen MR) is 108 cm³/mol. The van der Waals surface area contributed by atoms with E-state index < -0.39 is 0 Å². The van der Waals surface area contributed by atoms with Crippen LogP contribution in [-0.4, -0.2) is 55.1 Å². The summed E-state index contributed by atoms with van der Waals surface area (Å²) in [5.74, 6) is 1.26. The summed E-state index contributed by atoms with van der Waals surface area (Å²) in [6.07, 6.45) is 5.38. The molecule has 0 spiro atoms. The second kappa shape index (κ2) is 7.62. The largest absolute Gasteiger partial charge is 0.335 e. The zero-order chi connectivity index (χ0) is 19.8. The van der Waals surface area contributed by atoms with E-state index >= 15 is 0 Å². The molecule has 3 rings (SSSR count). The van der Waals surface area contributed by atoms with Gasteiger partial charge in [0.2, 0.25) is 0 Å². The first-order valence-electron chi connectivity index (χ1n) is 10.8. The molecule has 5 nitrogen and oxygen atoms in total. The van der Waals surface area contributed by atoms with Gasteiger partial charge in [0.05, 0.1) is 6.07 Å². The maximum atomic E-state index is 12.9. The molecule has 0 aromatic rings. The maximum absolute atomic E-state index is 12.9. The van der Waals surface area contributed by atoms with Gasteiger partial charge in [0, 0.05) is 38.6 Å². The van der Waals surface area contributed by atoms with Crippen molar-refractivity contribution in [2.24, 2.45) is 28.6 Å². The molecule has 1 heterocycles. The minimum Gasteiger partial charge on any atom is -0.335 e. The number of nitrogens with one attached hydrogen (secondary N) is 1. The van der Waals surface area contributed by atoms with Crippen LogP contribution < -0.4 is 5.32 Å². The third-order valence-corrected chi connectivity index (χ3v) is 8.29. The highest BCUT2D eigenvalue weighted by Gasteiger charge is 2.56. The predicted octanol–water partition coefficient (Wildman–Crippen LogP) is 3.71. The number of nitriles is 1. The van der Waals surface area contributed by atoms with Crippen LogP contribution in [0.5, 0.6) is 0 Å². The van der Waals surface area contributed by atoms with Crippen LogP contribution in [0, 0.1) is 39.9 Å². The lowest BCUT2D eigenvalue weighted by molar-refractivity contribution is -0.103. The van der Waals surface area contributed by atoms with Crippen LogP contribution in [-0.2, 0) is 0 Å². The van der Waals surface area contributed by atoms with E-state index in [4.69, 9.17) is 0 Å². The normalized spacial score (nSPS) is 39.3. The van der Waals surface area contributed by atoms with Gasteiger partial charge in [-0.2, -0.15) is 5.26 Å². The average molecular weight is 375 g/mol. The van der Waals surface area contributed by atoms with E-state index in [-0.39, 0.29) is 22.9 Å². The van der Waals surface area contributed by atoms with Crippen LogP contribution in [0.2, 0.25) is 0 Å². The summed E-state index contributed by atoms with van der Waals surface area (Å²) in [7, 11) is 2.11. The molecule has 27 heavy (non-hydrogen) atoms. The first-order valence-corrected chi connectivity index (χ1v) is 10.8. The molecule has 1 N–H and O–H groups in total. The summed E-state index contributed by atoms with van der Waals surface area (Å²) in [5.41, 5.74) is 0.490. The van der Waals surface area contributed by atoms with Crippen LogP contribution in [0.3, 0.4) is 0 Å². The quantitative estimate of drug-likeness (QED) is 0.801. The minimum absolute atomic E-state index is 0.0906. The summed E-state index contributed by atoms with van der Waals surface area (Å²) < 4.78 is 0. The molecule has 0 bridgehead atoms. The van der Waals surface area contributed by atoms with E-state index in [0.717, 1.165) is 32.6 Å². The Balaban J connectivity index is 1.78. The standard InChI is InChI=1S/C22H38N4O/c1-16-17(7-10-23)22(4)9-6-8-21(2,3)19(22)15-18(16)24-20(27)26-13-11-25(5)12-14-26/h16-19H,6-9,11-15H2,1-5H3,(H,24,27). The summed E-state index contributed by atoms with van der Waals surface area (Å²) in [4.78, 5) is 17.1. The number of urea groups is 1. The molecule has 0 aromatic heterocycles. The third kappa shape index (κ3) is 3.83. The minimum atomic E-state index is 0.0906. The summed E-state index contributed by atoms with van der Waals surface area (Å²) >= 11 is 0. The third-order valence-electron chi connectivity index (χ3n) is 8.29. The van der Waals surface area contributed by atoms with Crippen molar-refractivity contribution in [1.29, 1.82) is 5.26 Å². The lowest BCUT2D eigenvalue weighted by Crippen LogP contribution is -2.60. The van der Waals surface area contributed by atoms with Crippen molar-refractivity contribution in [2.75, 3.05) is 33.2 Å². The Morgan fingerprint density at radius 2 is 1.85 bits per heavy atom. The van der Waals surface area contributed by atoms with Crippen molar-refractivity contribution < 1.29 is 4.79 Å². The first-order chi connectivity index (χ1) is 12.7. The fraction of sp³-hybridized carbons (Fsp3) is 0.909. The molecule has 3 aliphatic rings. The lowest BCUT2D eigenvalue weighted by Gasteiger charge is -2.60. The number of amides is 2. The SMILES string of the molecule is CC1C(NC(=O)N2CCN(C)CC2)CC2C(C)(C)CCCC2(C)C1CC#N. The average Bonchev–Trinajstić information content (AvgIpc) is 2.60. The van der Waals surface area contributed by atoms with Crippen molar-refractivity contribution in [3.63, 3.8) is 0 Å². The molecule has 2 saturated carbocycles. The number of carbonyl (C=O) groups excluding carboxylic acids is 1. The molecule has 1 aliphatic heterocycles. The molecule has 3 fully saturated rings. The Labute approximate surface area is 165 Å². The van der Waals surface area contributed by atoms with Crippen molar-refractivity contribution >= 4 is 6.03 Å². The molecule has 0 radical (unpaired) electrons. The molecule has 2 aliphatic carbocycles. The lowest BCUT2D eigenvalue weighted by atomic mass is 9.45. The van der Waals surface area contributed by atoms with E-state index in [0.29, 0.717) is 24.2 Å². The van der Waals surface area contributed by atoms with Crippen molar-refractivity contribution in [3.05, 3.63) is 0 Å². The molecular formula is C22H38N4O. The van der Waals surface area contributed by atoms with Crippen molar-refractivity contribution in [1.82, 2.24) is 15.1 Å². The Morgan fingerprint density at radius 1 is 1.19 bits per heavy atom. The maximum Gasteiger partial charge on any atom is 0.317 e. The van der Waals surface area contributed by atoms with Gasteiger partial charge in [-0.25, -0.2) is 4.79 Å². The van der Waals surface area contributed by atoms with Gasteiger partial charge in [0.15, 0.2) is 0 Å². The Bertz CT molecular complexity index is 590. The van der Waals surface area contributed by atoms with Gasteiger partial charge >= 0.3 is 6.03 Å². The smallest absolute Gasteiger partial charge is 0.317 e. The Hall–Kier alpha value is -1.28. The van der Waals surface area contributed by atoms with Crippen LogP contribution in [0.25, 0.3) is 0 Å². The Morgan fingerprint density at radius 3 is 2.48 bits per heavy atom. The number of rotatable bonds is 2. The monoisotopic (exact) mass is 374 g/mol. The van der Waals surface area contributed by atoms with E-state index in [9.17, 15) is 10.1 Å². The molecule has 152 valence electrons. The fourth-order valence-corrected chi connectivity index (χ4v) is 6.51. The number of hydrogen-bond acceptors (Lipinski definition) is 3. The number of fused-ring (bicyclic) bond motifs is 1. The van der Waals surface area contributed by atoms with Crippen LogP contribution >= 0.6 is 0 Å². The van der Waals surface area contributed by atoms with Gasteiger partial charge in [0.25, 0.3) is 0 Å². The van der Waals surface area contributed by atoms with E-state index in [1.54, 1.807) is 0 Å². The highest BCUT2D eigenvalue weighted by Crippen LogP contribution is 2.61. The highest BCUT2D eigenvalue weighted by molar-refractivity contribution is 5.74. The summed E-state index contributed by atoms with van der Waals surface area (Å²) in [6.45, 7) is 13.0. The van der Waals surface area contributed by atoms with Gasteiger partial charge in [-0.15, -0.1) is 0 Å². The number of hydrogen-bond donors (Lipinski definition) is 1. The van der Waals surface area contributed by atoms with Gasteiger partial charge in [-0.3, -0.25) is 0 Å². The van der Waals surface area contributed by atoms with Crippen molar-refractivity contribution in [2.45, 2.75) is 65.8 Å². The number of piperazine rings is 1. The fourth-order valence-electron chi connectivity index (χ4n) is 6.51. The molecular weight excluding hydrogens is 336 g/mol. The topological polar surface area (TPSA) is 59.4 Å². The number of nitrogens with zero attached hydrogens (tertiary/aromatic N) is 3. The van der Waals surface area contributed by atoms with E-state index in [2.05, 4.69) is 51.0 Å². The van der Waals surface area contributed by atoms with Gasteiger partial charge in [-0.1, -0.05) is 34.1 Å². The van der Waals surface area contributed by atoms with Crippen LogP contribution in [0.4, 0.5) is 4.79 Å². The summed E-state index contributed by atoms with van der Waals surface area (Å²) in [6, 6.07) is 2.73. The second-order valence-electron chi connectivity index (χ2n) is 10.3. The molecule has 2 amide bonds. The first kappa shape index (κ1) is 20.5. The second-order valence-corrected chi connectivity index (χ2v) is 10.3.